The van der Waals surface area contributed by atoms with Crippen molar-refractivity contribution >= 4 is 23.3 Å². The van der Waals surface area contributed by atoms with Crippen LogP contribution >= 0.6 is 11.6 Å². The van der Waals surface area contributed by atoms with Crippen molar-refractivity contribution in [3.63, 3.8) is 0 Å². The van der Waals surface area contributed by atoms with Gasteiger partial charge in [0.25, 0.3) is 0 Å². The molecule has 1 fully saturated rings. The van der Waals surface area contributed by atoms with Crippen LogP contribution in [0.15, 0.2) is 36.5 Å². The minimum absolute atomic E-state index is 0.0803. The lowest BCUT2D eigenvalue weighted by Gasteiger charge is -2.02. The maximum Gasteiger partial charge on any atom is 0.228 e. The third-order valence-electron chi connectivity index (χ3n) is 3.10. The second kappa shape index (κ2) is 5.05. The molecule has 19 heavy (non-hydrogen) atoms. The summed E-state index contributed by atoms with van der Waals surface area (Å²) in [5.74, 6) is 0.893. The number of carbonyl (C=O) groups is 1. The Kier molecular flexibility index (Phi) is 3.25. The van der Waals surface area contributed by atoms with Gasteiger partial charge in [0.1, 0.15) is 0 Å². The third-order valence-corrected chi connectivity index (χ3v) is 3.35. The van der Waals surface area contributed by atoms with Crippen LogP contribution in [0, 0.1) is 5.92 Å². The monoisotopic (exact) mass is 275 g/mol. The van der Waals surface area contributed by atoms with E-state index in [0.717, 1.165) is 23.4 Å². The summed E-state index contributed by atoms with van der Waals surface area (Å²) in [5.41, 5.74) is 1.12. The van der Waals surface area contributed by atoms with Crippen molar-refractivity contribution in [1.29, 1.82) is 0 Å². The molecule has 1 aromatic heterocycles. The predicted octanol–water partition coefficient (Wildman–Crippen LogP) is 2.93. The molecule has 5 heteroatoms. The van der Waals surface area contributed by atoms with Gasteiger partial charge in [-0.05, 0) is 30.5 Å². The van der Waals surface area contributed by atoms with Gasteiger partial charge in [0.15, 0.2) is 5.82 Å². The molecule has 1 saturated carbocycles. The van der Waals surface area contributed by atoms with Gasteiger partial charge in [0, 0.05) is 23.2 Å². The molecule has 1 heterocycles. The molecule has 0 unspecified atom stereocenters. The van der Waals surface area contributed by atoms with Crippen LogP contribution in [0.2, 0.25) is 5.02 Å². The summed E-state index contributed by atoms with van der Waals surface area (Å²) in [5, 5.41) is 7.88. The van der Waals surface area contributed by atoms with Gasteiger partial charge >= 0.3 is 0 Å². The van der Waals surface area contributed by atoms with Crippen LogP contribution in [0.3, 0.4) is 0 Å². The SMILES string of the molecule is O=C(Nc1ccn(Cc2ccc(Cl)cc2)n1)C1CC1. The van der Waals surface area contributed by atoms with Crippen molar-refractivity contribution < 1.29 is 4.79 Å². The lowest BCUT2D eigenvalue weighted by Crippen LogP contribution is -2.14. The predicted molar refractivity (Wildman–Crippen MR) is 74.1 cm³/mol. The highest BCUT2D eigenvalue weighted by atomic mass is 35.5. The highest BCUT2D eigenvalue weighted by molar-refractivity contribution is 6.30. The van der Waals surface area contributed by atoms with Crippen LogP contribution in [0.4, 0.5) is 5.82 Å². The Morgan fingerprint density at radius 1 is 1.32 bits per heavy atom. The molecule has 2 aromatic rings. The van der Waals surface area contributed by atoms with Gasteiger partial charge in [0.2, 0.25) is 5.91 Å². The van der Waals surface area contributed by atoms with Gasteiger partial charge in [-0.3, -0.25) is 9.48 Å². The van der Waals surface area contributed by atoms with Crippen molar-refractivity contribution in [3.8, 4) is 0 Å². The van der Waals surface area contributed by atoms with Gasteiger partial charge in [-0.25, -0.2) is 0 Å². The van der Waals surface area contributed by atoms with E-state index in [0.29, 0.717) is 12.4 Å². The molecule has 1 amide bonds. The summed E-state index contributed by atoms with van der Waals surface area (Å²) in [6.07, 6.45) is 3.85. The molecule has 0 spiro atoms. The number of nitrogens with one attached hydrogen (secondary N) is 1. The molecule has 4 nitrogen and oxygen atoms in total. The molecular weight excluding hydrogens is 262 g/mol. The molecule has 3 rings (SSSR count). The average molecular weight is 276 g/mol. The number of hydrogen-bond acceptors (Lipinski definition) is 2. The van der Waals surface area contributed by atoms with E-state index in [1.165, 1.54) is 0 Å². The Morgan fingerprint density at radius 3 is 2.74 bits per heavy atom. The zero-order valence-electron chi connectivity index (χ0n) is 10.3. The Hall–Kier alpha value is -1.81. The standard InChI is InChI=1S/C14H14ClN3O/c15-12-5-1-10(2-6-12)9-18-8-7-13(17-18)16-14(19)11-3-4-11/h1-2,5-8,11H,3-4,9H2,(H,16,17,19). The summed E-state index contributed by atoms with van der Waals surface area (Å²) >= 11 is 5.84. The average Bonchev–Trinajstić information content (AvgIpc) is 3.16. The highest BCUT2D eigenvalue weighted by Gasteiger charge is 2.29. The van der Waals surface area contributed by atoms with Crippen molar-refractivity contribution in [2.24, 2.45) is 5.92 Å². The van der Waals surface area contributed by atoms with Crippen LogP contribution in [-0.2, 0) is 11.3 Å². The van der Waals surface area contributed by atoms with Crippen LogP contribution in [0.5, 0.6) is 0 Å². The quantitative estimate of drug-likeness (QED) is 0.933. The van der Waals surface area contributed by atoms with E-state index < -0.39 is 0 Å². The fourth-order valence-corrected chi connectivity index (χ4v) is 1.99. The number of halogens is 1. The summed E-state index contributed by atoms with van der Waals surface area (Å²) in [6.45, 7) is 0.663. The van der Waals surface area contributed by atoms with Crippen molar-refractivity contribution in [1.82, 2.24) is 9.78 Å². The van der Waals surface area contributed by atoms with Crippen molar-refractivity contribution in [2.75, 3.05) is 5.32 Å². The van der Waals surface area contributed by atoms with E-state index in [2.05, 4.69) is 10.4 Å². The van der Waals surface area contributed by atoms with E-state index in [1.807, 2.05) is 36.5 Å². The molecule has 98 valence electrons. The number of amides is 1. The molecule has 0 atom stereocenters. The first-order valence-electron chi connectivity index (χ1n) is 6.29. The summed E-state index contributed by atoms with van der Waals surface area (Å²) < 4.78 is 1.80. The Labute approximate surface area is 116 Å². The second-order valence-corrected chi connectivity index (χ2v) is 5.22. The molecule has 0 saturated heterocycles. The Morgan fingerprint density at radius 2 is 2.05 bits per heavy atom. The van der Waals surface area contributed by atoms with E-state index in [-0.39, 0.29) is 11.8 Å². The summed E-state index contributed by atoms with van der Waals surface area (Å²) in [6, 6.07) is 9.46. The van der Waals surface area contributed by atoms with Crippen molar-refractivity contribution in [2.45, 2.75) is 19.4 Å². The number of carbonyl (C=O) groups excluding carboxylic acids is 1. The number of nitrogens with zero attached hydrogens (tertiary/aromatic N) is 2. The number of aromatic nitrogens is 2. The Bertz CT molecular complexity index is 587. The van der Waals surface area contributed by atoms with E-state index in [1.54, 1.807) is 4.68 Å². The molecule has 0 aliphatic heterocycles. The number of hydrogen-bond donors (Lipinski definition) is 1. The third kappa shape index (κ3) is 3.15. The first kappa shape index (κ1) is 12.2. The van der Waals surface area contributed by atoms with Crippen LogP contribution in [0.25, 0.3) is 0 Å². The smallest absolute Gasteiger partial charge is 0.228 e. The largest absolute Gasteiger partial charge is 0.309 e. The zero-order valence-corrected chi connectivity index (χ0v) is 11.1. The minimum atomic E-state index is 0.0803. The van der Waals surface area contributed by atoms with Crippen LogP contribution in [0.1, 0.15) is 18.4 Å². The zero-order chi connectivity index (χ0) is 13.2. The van der Waals surface area contributed by atoms with Crippen molar-refractivity contribution in [3.05, 3.63) is 47.1 Å². The molecule has 0 radical (unpaired) electrons. The molecule has 0 bridgehead atoms. The second-order valence-electron chi connectivity index (χ2n) is 4.79. The Balaban J connectivity index is 1.64. The fraction of sp³-hybridized carbons (Fsp3) is 0.286. The highest BCUT2D eigenvalue weighted by Crippen LogP contribution is 2.29. The van der Waals surface area contributed by atoms with Gasteiger partial charge in [-0.2, -0.15) is 5.10 Å². The molecular formula is C14H14ClN3O. The molecule has 1 N–H and O–H groups in total. The molecule has 1 aliphatic carbocycles. The van der Waals surface area contributed by atoms with Gasteiger partial charge < -0.3 is 5.32 Å². The number of anilines is 1. The normalized spacial score (nSPS) is 14.4. The first-order chi connectivity index (χ1) is 9.20. The maximum atomic E-state index is 11.6. The lowest BCUT2D eigenvalue weighted by atomic mass is 10.2. The summed E-state index contributed by atoms with van der Waals surface area (Å²) in [4.78, 5) is 11.6. The topological polar surface area (TPSA) is 46.9 Å². The first-order valence-corrected chi connectivity index (χ1v) is 6.67. The van der Waals surface area contributed by atoms with Gasteiger partial charge in [0.05, 0.1) is 6.54 Å². The number of benzene rings is 1. The van der Waals surface area contributed by atoms with E-state index in [4.69, 9.17) is 11.6 Å². The molecule has 1 aromatic carbocycles. The van der Waals surface area contributed by atoms with Gasteiger partial charge in [-0.15, -0.1) is 0 Å². The summed E-state index contributed by atoms with van der Waals surface area (Å²) in [7, 11) is 0. The van der Waals surface area contributed by atoms with Gasteiger partial charge in [-0.1, -0.05) is 23.7 Å². The van der Waals surface area contributed by atoms with Crippen LogP contribution < -0.4 is 5.32 Å². The lowest BCUT2D eigenvalue weighted by molar-refractivity contribution is -0.117. The minimum Gasteiger partial charge on any atom is -0.309 e. The fourth-order valence-electron chi connectivity index (χ4n) is 1.87. The number of rotatable bonds is 4. The van der Waals surface area contributed by atoms with E-state index >= 15 is 0 Å². The van der Waals surface area contributed by atoms with E-state index in [9.17, 15) is 4.79 Å². The van der Waals surface area contributed by atoms with Crippen LogP contribution in [-0.4, -0.2) is 15.7 Å². The molecule has 1 aliphatic rings. The maximum absolute atomic E-state index is 11.6.